The van der Waals surface area contributed by atoms with E-state index < -0.39 is 0 Å². The summed E-state index contributed by atoms with van der Waals surface area (Å²) in [6.07, 6.45) is 1.86. The van der Waals surface area contributed by atoms with E-state index in [4.69, 9.17) is 11.0 Å². The maximum atomic E-state index is 15.0. The second-order valence-corrected chi connectivity index (χ2v) is 8.31. The van der Waals surface area contributed by atoms with Crippen molar-refractivity contribution in [3.8, 4) is 11.3 Å². The van der Waals surface area contributed by atoms with Gasteiger partial charge in [0.25, 0.3) is 0 Å². The second kappa shape index (κ2) is 6.17. The van der Waals surface area contributed by atoms with E-state index >= 15 is 0 Å². The first-order valence-corrected chi connectivity index (χ1v) is 9.24. The minimum atomic E-state index is -0.281. The molecule has 4 aromatic rings. The molecule has 0 radical (unpaired) electrons. The summed E-state index contributed by atoms with van der Waals surface area (Å²) in [6, 6.07) is 11.1. The van der Waals surface area contributed by atoms with Crippen LogP contribution in [-0.2, 0) is 12.5 Å². The summed E-state index contributed by atoms with van der Waals surface area (Å²) in [5, 5.41) is 1.92. The molecule has 0 saturated carbocycles. The highest BCUT2D eigenvalue weighted by atomic mass is 19.1. The molecule has 0 N–H and O–H groups in total. The highest BCUT2D eigenvalue weighted by Crippen LogP contribution is 2.38. The zero-order valence-electron chi connectivity index (χ0n) is 16.7. The number of furan rings is 1. The standard InChI is InChI=1S/C24H22FN2O/c1-14-7-9-17-16-10-8-15(26-5)11-21(16)28-23(17)22(14)20-12-19(25)18(13-27(20)6)24(2,3)4/h7-13H,1-4,6H3/q+1. The van der Waals surface area contributed by atoms with Crippen LogP contribution in [0.15, 0.2) is 47.0 Å². The van der Waals surface area contributed by atoms with Gasteiger partial charge in [0.2, 0.25) is 5.69 Å². The first-order valence-electron chi connectivity index (χ1n) is 9.24. The summed E-state index contributed by atoms with van der Waals surface area (Å²) >= 11 is 0. The van der Waals surface area contributed by atoms with E-state index in [2.05, 4.69) is 4.85 Å². The summed E-state index contributed by atoms with van der Waals surface area (Å²) < 4.78 is 23.1. The van der Waals surface area contributed by atoms with Crippen molar-refractivity contribution in [1.29, 1.82) is 0 Å². The average Bonchev–Trinajstić information content (AvgIpc) is 3.00. The van der Waals surface area contributed by atoms with E-state index in [1.807, 2.05) is 63.7 Å². The van der Waals surface area contributed by atoms with Gasteiger partial charge in [-0.3, -0.25) is 0 Å². The highest BCUT2D eigenvalue weighted by Gasteiger charge is 2.27. The van der Waals surface area contributed by atoms with Gasteiger partial charge in [0.05, 0.1) is 17.7 Å². The van der Waals surface area contributed by atoms with Crippen LogP contribution in [0.5, 0.6) is 0 Å². The van der Waals surface area contributed by atoms with E-state index in [1.54, 1.807) is 18.2 Å². The molecule has 0 atom stereocenters. The molecule has 0 bridgehead atoms. The van der Waals surface area contributed by atoms with Crippen LogP contribution in [0.1, 0.15) is 31.9 Å². The molecule has 4 rings (SSSR count). The second-order valence-electron chi connectivity index (χ2n) is 8.31. The number of pyridine rings is 1. The zero-order chi connectivity index (χ0) is 20.2. The molecule has 28 heavy (non-hydrogen) atoms. The lowest BCUT2D eigenvalue weighted by molar-refractivity contribution is -0.661. The number of rotatable bonds is 1. The third kappa shape index (κ3) is 2.75. The van der Waals surface area contributed by atoms with Crippen molar-refractivity contribution in [1.82, 2.24) is 0 Å². The van der Waals surface area contributed by atoms with E-state index in [0.717, 1.165) is 33.2 Å². The average molecular weight is 373 g/mol. The Morgan fingerprint density at radius 2 is 1.79 bits per heavy atom. The van der Waals surface area contributed by atoms with Crippen molar-refractivity contribution >= 4 is 27.6 Å². The molecule has 0 unspecified atom stereocenters. The summed E-state index contributed by atoms with van der Waals surface area (Å²) in [6.45, 7) is 15.2. The van der Waals surface area contributed by atoms with E-state index in [-0.39, 0.29) is 11.2 Å². The Bertz CT molecular complexity index is 1290. The molecule has 2 aromatic carbocycles. The number of hydrogen-bond acceptors (Lipinski definition) is 1. The maximum absolute atomic E-state index is 15.0. The summed E-state index contributed by atoms with van der Waals surface area (Å²) in [5.74, 6) is -0.219. The minimum Gasteiger partial charge on any atom is -0.456 e. The molecule has 140 valence electrons. The maximum Gasteiger partial charge on any atom is 0.219 e. The van der Waals surface area contributed by atoms with Gasteiger partial charge in [0.15, 0.2) is 11.9 Å². The lowest BCUT2D eigenvalue weighted by Crippen LogP contribution is -2.34. The monoisotopic (exact) mass is 373 g/mol. The quantitative estimate of drug-likeness (QED) is 0.280. The Kier molecular flexibility index (Phi) is 4.01. The topological polar surface area (TPSA) is 21.4 Å². The Balaban J connectivity index is 2.05. The summed E-state index contributed by atoms with van der Waals surface area (Å²) in [4.78, 5) is 3.48. The summed E-state index contributed by atoms with van der Waals surface area (Å²) in [7, 11) is 1.93. The lowest BCUT2D eigenvalue weighted by atomic mass is 9.87. The molecular formula is C24H22FN2O+. The van der Waals surface area contributed by atoms with Crippen molar-refractivity contribution in [2.75, 3.05) is 0 Å². The molecule has 0 aliphatic carbocycles. The van der Waals surface area contributed by atoms with E-state index in [1.165, 1.54) is 0 Å². The van der Waals surface area contributed by atoms with Crippen LogP contribution in [0.25, 0.3) is 38.0 Å². The van der Waals surface area contributed by atoms with Crippen LogP contribution in [0.3, 0.4) is 0 Å². The van der Waals surface area contributed by atoms with Gasteiger partial charge in [-0.1, -0.05) is 45.0 Å². The van der Waals surface area contributed by atoms with Gasteiger partial charge in [-0.25, -0.2) is 13.8 Å². The Hall–Kier alpha value is -3.19. The molecule has 4 heteroatoms. The first kappa shape index (κ1) is 18.2. The van der Waals surface area contributed by atoms with Crippen LogP contribution >= 0.6 is 0 Å². The van der Waals surface area contributed by atoms with Crippen LogP contribution < -0.4 is 4.57 Å². The van der Waals surface area contributed by atoms with E-state index in [9.17, 15) is 4.39 Å². The molecule has 0 saturated heterocycles. The number of halogens is 1. The van der Waals surface area contributed by atoms with Gasteiger partial charge in [-0.05, 0) is 24.0 Å². The number of nitrogens with zero attached hydrogens (tertiary/aromatic N) is 2. The Labute approximate surface area is 163 Å². The minimum absolute atomic E-state index is 0.219. The number of benzene rings is 2. The van der Waals surface area contributed by atoms with Crippen LogP contribution in [-0.4, -0.2) is 0 Å². The number of fused-ring (bicyclic) bond motifs is 3. The molecule has 2 heterocycles. The normalized spacial score (nSPS) is 11.9. The van der Waals surface area contributed by atoms with Crippen molar-refractivity contribution in [3.05, 3.63) is 71.0 Å². The predicted molar refractivity (Wildman–Crippen MR) is 110 cm³/mol. The van der Waals surface area contributed by atoms with Crippen LogP contribution in [0.4, 0.5) is 10.1 Å². The highest BCUT2D eigenvalue weighted by molar-refractivity contribution is 6.10. The largest absolute Gasteiger partial charge is 0.456 e. The fraction of sp³-hybridized carbons (Fsp3) is 0.250. The van der Waals surface area contributed by atoms with Gasteiger partial charge in [-0.15, -0.1) is 0 Å². The number of aromatic nitrogens is 1. The van der Waals surface area contributed by atoms with Crippen molar-refractivity contribution < 1.29 is 13.4 Å². The predicted octanol–water partition coefficient (Wildman–Crippen LogP) is 6.37. The van der Waals surface area contributed by atoms with Crippen molar-refractivity contribution in [2.24, 2.45) is 7.05 Å². The van der Waals surface area contributed by atoms with Gasteiger partial charge in [0, 0.05) is 16.8 Å². The van der Waals surface area contributed by atoms with Crippen LogP contribution in [0.2, 0.25) is 0 Å². The smallest absolute Gasteiger partial charge is 0.219 e. The zero-order valence-corrected chi connectivity index (χ0v) is 16.7. The van der Waals surface area contributed by atoms with Gasteiger partial charge >= 0.3 is 0 Å². The first-order chi connectivity index (χ1) is 13.2. The van der Waals surface area contributed by atoms with Crippen molar-refractivity contribution in [3.63, 3.8) is 0 Å². The van der Waals surface area contributed by atoms with Crippen molar-refractivity contribution in [2.45, 2.75) is 33.1 Å². The van der Waals surface area contributed by atoms with Gasteiger partial charge in [0.1, 0.15) is 24.0 Å². The lowest BCUT2D eigenvalue weighted by Gasteiger charge is -2.18. The molecular weight excluding hydrogens is 351 g/mol. The molecule has 3 nitrogen and oxygen atoms in total. The Morgan fingerprint density at radius 1 is 1.07 bits per heavy atom. The fourth-order valence-corrected chi connectivity index (χ4v) is 3.74. The molecule has 0 aliphatic rings. The number of aryl methyl sites for hydroxylation is 2. The fourth-order valence-electron chi connectivity index (χ4n) is 3.74. The third-order valence-corrected chi connectivity index (χ3v) is 5.25. The van der Waals surface area contributed by atoms with Gasteiger partial charge < -0.3 is 4.42 Å². The van der Waals surface area contributed by atoms with Crippen LogP contribution in [0, 0.1) is 19.3 Å². The van der Waals surface area contributed by atoms with E-state index in [0.29, 0.717) is 16.8 Å². The molecule has 0 aliphatic heterocycles. The van der Waals surface area contributed by atoms with Gasteiger partial charge in [-0.2, -0.15) is 0 Å². The molecule has 0 amide bonds. The third-order valence-electron chi connectivity index (χ3n) is 5.25. The summed E-state index contributed by atoms with van der Waals surface area (Å²) in [5.41, 5.74) is 4.97. The molecule has 2 aromatic heterocycles. The number of hydrogen-bond donors (Lipinski definition) is 0. The molecule has 0 spiro atoms. The SMILES string of the molecule is [C-]#[N+]c1ccc2c(c1)oc1c(-c3cc(F)c(C(C)(C)C)c[n+]3C)c(C)ccc12. The Morgan fingerprint density at radius 3 is 2.46 bits per heavy atom. The molecule has 0 fully saturated rings.